The van der Waals surface area contributed by atoms with Gasteiger partial charge in [0.15, 0.2) is 18.1 Å². The molecule has 38 heavy (non-hydrogen) atoms. The monoisotopic (exact) mass is 526 g/mol. The number of methoxy groups -OCH3 is 2. The van der Waals surface area contributed by atoms with E-state index in [-0.39, 0.29) is 29.4 Å². The molecule has 2 atom stereocenters. The Labute approximate surface area is 216 Å². The van der Waals surface area contributed by atoms with Crippen molar-refractivity contribution in [1.82, 2.24) is 9.88 Å². The zero-order valence-corrected chi connectivity index (χ0v) is 20.9. The van der Waals surface area contributed by atoms with Crippen LogP contribution in [0.5, 0.6) is 17.2 Å². The van der Waals surface area contributed by atoms with Gasteiger partial charge in [0.1, 0.15) is 11.6 Å². The molecule has 1 N–H and O–H groups in total. The number of ether oxygens (including phenoxy) is 3. The van der Waals surface area contributed by atoms with E-state index in [0.29, 0.717) is 19.4 Å². The molecule has 0 saturated carbocycles. The maximum absolute atomic E-state index is 13.9. The maximum atomic E-state index is 13.9. The molecule has 0 fully saturated rings. The van der Waals surface area contributed by atoms with Gasteiger partial charge >= 0.3 is 6.18 Å². The minimum absolute atomic E-state index is 0.0722. The first kappa shape index (κ1) is 24.6. The Bertz CT molecular complexity index is 1500. The van der Waals surface area contributed by atoms with Gasteiger partial charge in [-0.25, -0.2) is 4.39 Å². The molecular formula is C29H26F4N2O3. The number of H-pyrrole nitrogens is 1. The largest absolute Gasteiger partial charge is 0.497 e. The van der Waals surface area contributed by atoms with Gasteiger partial charge in [0.25, 0.3) is 0 Å². The maximum Gasteiger partial charge on any atom is 0.422 e. The quantitative estimate of drug-likeness (QED) is 0.301. The third-order valence-electron chi connectivity index (χ3n) is 7.55. The molecular weight excluding hydrogens is 500 g/mol. The number of alkyl halides is 3. The van der Waals surface area contributed by atoms with Gasteiger partial charge in [-0.2, -0.15) is 13.2 Å². The molecule has 0 amide bonds. The summed E-state index contributed by atoms with van der Waals surface area (Å²) in [6.07, 6.45) is -3.14. The molecule has 9 heteroatoms. The van der Waals surface area contributed by atoms with E-state index in [4.69, 9.17) is 14.2 Å². The summed E-state index contributed by atoms with van der Waals surface area (Å²) >= 11 is 0. The standard InChI is InChI=1S/C29H26F4N2O3/c1-36-19-7-8-23-21(12-19)22-13-24-20-14-25(37-2)26(38-15-29(31,32)33)11-17(20)9-10-35(24)28(27(22)34-23)16-3-5-18(30)6-4-16/h3-8,11-12,14,24,28,34H,9-10,13,15H2,1-2H3. The van der Waals surface area contributed by atoms with Crippen molar-refractivity contribution in [2.24, 2.45) is 0 Å². The van der Waals surface area contributed by atoms with E-state index in [1.165, 1.54) is 19.2 Å². The van der Waals surface area contributed by atoms with E-state index in [1.807, 2.05) is 30.3 Å². The number of nitrogens with zero attached hydrogens (tertiary/aromatic N) is 1. The second-order valence-electron chi connectivity index (χ2n) is 9.70. The number of hydrogen-bond acceptors (Lipinski definition) is 4. The van der Waals surface area contributed by atoms with E-state index >= 15 is 0 Å². The summed E-state index contributed by atoms with van der Waals surface area (Å²) < 4.78 is 68.5. The number of hydrogen-bond donors (Lipinski definition) is 1. The molecule has 2 unspecified atom stereocenters. The molecule has 0 aliphatic carbocycles. The number of nitrogens with one attached hydrogen (secondary N) is 1. The number of aromatic amines is 1. The van der Waals surface area contributed by atoms with Gasteiger partial charge < -0.3 is 19.2 Å². The van der Waals surface area contributed by atoms with Crippen LogP contribution in [0.3, 0.4) is 0 Å². The van der Waals surface area contributed by atoms with Crippen molar-refractivity contribution in [3.05, 3.63) is 88.4 Å². The van der Waals surface area contributed by atoms with Gasteiger partial charge in [-0.1, -0.05) is 12.1 Å². The fourth-order valence-electron chi connectivity index (χ4n) is 5.89. The summed E-state index contributed by atoms with van der Waals surface area (Å²) in [5.74, 6) is 0.792. The average Bonchev–Trinajstić information content (AvgIpc) is 3.27. The van der Waals surface area contributed by atoms with E-state index < -0.39 is 12.8 Å². The highest BCUT2D eigenvalue weighted by Crippen LogP contribution is 2.50. The Balaban J connectivity index is 1.49. The minimum atomic E-state index is -4.45. The lowest BCUT2D eigenvalue weighted by Crippen LogP contribution is -2.43. The third kappa shape index (κ3) is 4.24. The fourth-order valence-corrected chi connectivity index (χ4v) is 5.89. The Morgan fingerprint density at radius 1 is 0.974 bits per heavy atom. The predicted molar refractivity (Wildman–Crippen MR) is 134 cm³/mol. The predicted octanol–water partition coefficient (Wildman–Crippen LogP) is 6.51. The minimum Gasteiger partial charge on any atom is -0.497 e. The van der Waals surface area contributed by atoms with E-state index in [0.717, 1.165) is 44.6 Å². The first-order chi connectivity index (χ1) is 18.3. The Morgan fingerprint density at radius 3 is 2.47 bits per heavy atom. The van der Waals surface area contributed by atoms with Crippen molar-refractivity contribution in [3.63, 3.8) is 0 Å². The van der Waals surface area contributed by atoms with Crippen LogP contribution in [-0.4, -0.2) is 43.4 Å². The van der Waals surface area contributed by atoms with Crippen LogP contribution in [0.4, 0.5) is 17.6 Å². The Kier molecular flexibility index (Phi) is 5.98. The molecule has 0 radical (unpaired) electrons. The molecule has 5 nitrogen and oxygen atoms in total. The van der Waals surface area contributed by atoms with Crippen LogP contribution in [-0.2, 0) is 12.8 Å². The van der Waals surface area contributed by atoms with E-state index in [1.54, 1.807) is 19.2 Å². The van der Waals surface area contributed by atoms with E-state index in [2.05, 4.69) is 9.88 Å². The molecule has 2 aliphatic heterocycles. The highest BCUT2D eigenvalue weighted by molar-refractivity contribution is 5.87. The number of benzene rings is 3. The van der Waals surface area contributed by atoms with Crippen molar-refractivity contribution < 1.29 is 31.8 Å². The SMILES string of the molecule is COc1ccc2[nH]c3c(c2c1)CC1c2cc(OC)c(OCC(F)(F)F)cc2CCN1C3c1ccc(F)cc1. The van der Waals surface area contributed by atoms with E-state index in [9.17, 15) is 17.6 Å². The van der Waals surface area contributed by atoms with Crippen molar-refractivity contribution in [3.8, 4) is 17.2 Å². The zero-order chi connectivity index (χ0) is 26.6. The van der Waals surface area contributed by atoms with Gasteiger partial charge in [-0.05, 0) is 77.6 Å². The summed E-state index contributed by atoms with van der Waals surface area (Å²) in [5, 5.41) is 1.05. The second kappa shape index (κ2) is 9.23. The van der Waals surface area contributed by atoms with Crippen molar-refractivity contribution in [2.75, 3.05) is 27.4 Å². The summed E-state index contributed by atoms with van der Waals surface area (Å²) in [5.41, 5.74) is 6.05. The molecule has 0 spiro atoms. The Hall–Kier alpha value is -3.72. The van der Waals surface area contributed by atoms with Crippen molar-refractivity contribution in [2.45, 2.75) is 31.1 Å². The first-order valence-corrected chi connectivity index (χ1v) is 12.4. The van der Waals surface area contributed by atoms with Crippen LogP contribution in [0.15, 0.2) is 54.6 Å². The lowest BCUT2D eigenvalue weighted by atomic mass is 9.80. The molecule has 1 aromatic heterocycles. The van der Waals surface area contributed by atoms with Crippen molar-refractivity contribution >= 4 is 10.9 Å². The molecule has 3 aromatic carbocycles. The molecule has 198 valence electrons. The van der Waals surface area contributed by atoms with Gasteiger partial charge in [-0.3, -0.25) is 4.90 Å². The molecule has 0 bridgehead atoms. The topological polar surface area (TPSA) is 46.7 Å². The van der Waals surface area contributed by atoms with Crippen LogP contribution in [0.25, 0.3) is 10.9 Å². The molecule has 2 aliphatic rings. The first-order valence-electron chi connectivity index (χ1n) is 12.4. The van der Waals surface area contributed by atoms with Crippen LogP contribution < -0.4 is 14.2 Å². The molecule has 4 aromatic rings. The van der Waals surface area contributed by atoms with Crippen LogP contribution in [0.1, 0.15) is 40.0 Å². The van der Waals surface area contributed by atoms with Crippen LogP contribution >= 0.6 is 0 Å². The van der Waals surface area contributed by atoms with Gasteiger partial charge in [0.2, 0.25) is 0 Å². The average molecular weight is 527 g/mol. The van der Waals surface area contributed by atoms with Gasteiger partial charge in [-0.15, -0.1) is 0 Å². The summed E-state index contributed by atoms with van der Waals surface area (Å²) in [6.45, 7) is -0.715. The lowest BCUT2D eigenvalue weighted by molar-refractivity contribution is -0.153. The van der Waals surface area contributed by atoms with Crippen LogP contribution in [0.2, 0.25) is 0 Å². The zero-order valence-electron chi connectivity index (χ0n) is 20.9. The molecule has 0 saturated heterocycles. The number of halogens is 4. The number of aromatic nitrogens is 1. The lowest BCUT2D eigenvalue weighted by Gasteiger charge is -2.46. The van der Waals surface area contributed by atoms with Gasteiger partial charge in [0.05, 0.1) is 20.3 Å². The normalized spacial score (nSPS) is 19.0. The van der Waals surface area contributed by atoms with Crippen molar-refractivity contribution in [1.29, 1.82) is 0 Å². The summed E-state index contributed by atoms with van der Waals surface area (Å²) in [6, 6.07) is 15.7. The Morgan fingerprint density at radius 2 is 1.76 bits per heavy atom. The van der Waals surface area contributed by atoms with Gasteiger partial charge in [0, 0.05) is 29.2 Å². The highest BCUT2D eigenvalue weighted by atomic mass is 19.4. The fraction of sp³-hybridized carbons (Fsp3) is 0.310. The number of rotatable bonds is 5. The summed E-state index contributed by atoms with van der Waals surface area (Å²) in [7, 11) is 3.06. The summed E-state index contributed by atoms with van der Waals surface area (Å²) in [4.78, 5) is 5.98. The second-order valence-corrected chi connectivity index (χ2v) is 9.70. The van der Waals surface area contributed by atoms with Crippen LogP contribution in [0, 0.1) is 5.82 Å². The smallest absolute Gasteiger partial charge is 0.422 e. The third-order valence-corrected chi connectivity index (χ3v) is 7.55. The molecule has 3 heterocycles. The highest BCUT2D eigenvalue weighted by Gasteiger charge is 2.41. The number of fused-ring (bicyclic) bond motifs is 6. The molecule has 6 rings (SSSR count).